The highest BCUT2D eigenvalue weighted by molar-refractivity contribution is 5.94. The van der Waals surface area contributed by atoms with Gasteiger partial charge < -0.3 is 10.3 Å². The van der Waals surface area contributed by atoms with E-state index in [1.807, 2.05) is 0 Å². The number of carbonyl (C=O) groups excluding carboxylic acids is 1. The zero-order valence-electron chi connectivity index (χ0n) is 9.72. The van der Waals surface area contributed by atoms with Gasteiger partial charge in [-0.25, -0.2) is 0 Å². The van der Waals surface area contributed by atoms with E-state index in [2.05, 4.69) is 10.3 Å². The lowest BCUT2D eigenvalue weighted by Crippen LogP contribution is -2.22. The average molecular weight is 263 g/mol. The van der Waals surface area contributed by atoms with E-state index in [1.165, 1.54) is 6.07 Å². The fourth-order valence-electron chi connectivity index (χ4n) is 1.55. The highest BCUT2D eigenvalue weighted by Gasteiger charge is 2.16. The van der Waals surface area contributed by atoms with Crippen molar-refractivity contribution < 1.29 is 14.1 Å². The van der Waals surface area contributed by atoms with E-state index >= 15 is 0 Å². The molecule has 0 unspecified atom stereocenters. The molecule has 2 aromatic rings. The molecule has 19 heavy (non-hydrogen) atoms. The SMILES string of the molecule is O=C(NCc1cc[nH]c1)c1ccc([N+](=O)[O-])c(F)c1. The van der Waals surface area contributed by atoms with Gasteiger partial charge in [0.2, 0.25) is 5.82 Å². The fourth-order valence-corrected chi connectivity index (χ4v) is 1.55. The second-order valence-corrected chi connectivity index (χ2v) is 3.83. The number of nitro groups is 1. The van der Waals surface area contributed by atoms with Crippen LogP contribution in [0.2, 0.25) is 0 Å². The number of rotatable bonds is 4. The first-order chi connectivity index (χ1) is 9.08. The number of halogens is 1. The zero-order valence-corrected chi connectivity index (χ0v) is 9.72. The van der Waals surface area contributed by atoms with E-state index in [0.717, 1.165) is 17.7 Å². The van der Waals surface area contributed by atoms with Crippen molar-refractivity contribution in [1.82, 2.24) is 10.3 Å². The summed E-state index contributed by atoms with van der Waals surface area (Å²) >= 11 is 0. The molecule has 0 aliphatic rings. The van der Waals surface area contributed by atoms with Crippen LogP contribution in [0.3, 0.4) is 0 Å². The molecule has 7 heteroatoms. The minimum absolute atomic E-state index is 0.0404. The van der Waals surface area contributed by atoms with Crippen LogP contribution >= 0.6 is 0 Å². The maximum Gasteiger partial charge on any atom is 0.304 e. The number of carbonyl (C=O) groups is 1. The van der Waals surface area contributed by atoms with Gasteiger partial charge in [0.15, 0.2) is 0 Å². The summed E-state index contributed by atoms with van der Waals surface area (Å²) in [5.74, 6) is -1.52. The molecule has 1 aromatic heterocycles. The largest absolute Gasteiger partial charge is 0.367 e. The number of amides is 1. The van der Waals surface area contributed by atoms with E-state index in [9.17, 15) is 19.3 Å². The number of aromatic nitrogens is 1. The Balaban J connectivity index is 2.07. The average Bonchev–Trinajstić information content (AvgIpc) is 2.88. The predicted octanol–water partition coefficient (Wildman–Crippen LogP) is 1.99. The van der Waals surface area contributed by atoms with E-state index in [4.69, 9.17) is 0 Å². The molecule has 1 amide bonds. The monoisotopic (exact) mass is 263 g/mol. The Morgan fingerprint density at radius 2 is 2.21 bits per heavy atom. The molecule has 0 saturated carbocycles. The van der Waals surface area contributed by atoms with Crippen molar-refractivity contribution in [3.8, 4) is 0 Å². The van der Waals surface area contributed by atoms with Crippen LogP contribution in [0.1, 0.15) is 15.9 Å². The Morgan fingerprint density at radius 1 is 1.42 bits per heavy atom. The Kier molecular flexibility index (Phi) is 3.56. The second kappa shape index (κ2) is 5.30. The van der Waals surface area contributed by atoms with Crippen molar-refractivity contribution in [2.75, 3.05) is 0 Å². The van der Waals surface area contributed by atoms with Gasteiger partial charge in [-0.1, -0.05) is 0 Å². The third-order valence-corrected chi connectivity index (χ3v) is 2.52. The number of nitrogens with one attached hydrogen (secondary N) is 2. The van der Waals surface area contributed by atoms with E-state index in [1.54, 1.807) is 18.5 Å². The molecule has 1 aromatic carbocycles. The molecular formula is C12H10FN3O3. The van der Waals surface area contributed by atoms with Crippen LogP contribution < -0.4 is 5.32 Å². The van der Waals surface area contributed by atoms with Crippen LogP contribution in [0.5, 0.6) is 0 Å². The molecule has 0 aliphatic heterocycles. The van der Waals surface area contributed by atoms with Gasteiger partial charge in [0.25, 0.3) is 5.91 Å². The van der Waals surface area contributed by atoms with Gasteiger partial charge in [-0.05, 0) is 23.8 Å². The Bertz CT molecular complexity index is 611. The van der Waals surface area contributed by atoms with Crippen molar-refractivity contribution in [3.05, 3.63) is 63.7 Å². The van der Waals surface area contributed by atoms with Crippen molar-refractivity contribution in [1.29, 1.82) is 0 Å². The molecule has 6 nitrogen and oxygen atoms in total. The summed E-state index contributed by atoms with van der Waals surface area (Å²) in [5.41, 5.74) is 0.261. The smallest absolute Gasteiger partial charge is 0.304 e. The molecule has 0 atom stereocenters. The molecular weight excluding hydrogens is 253 g/mol. The van der Waals surface area contributed by atoms with Crippen LogP contribution in [-0.4, -0.2) is 15.8 Å². The third kappa shape index (κ3) is 2.95. The number of aromatic amines is 1. The number of nitrogens with zero attached hydrogens (tertiary/aromatic N) is 1. The molecule has 0 fully saturated rings. The maximum absolute atomic E-state index is 13.3. The molecule has 1 heterocycles. The van der Waals surface area contributed by atoms with Gasteiger partial charge in [-0.2, -0.15) is 4.39 Å². The fraction of sp³-hybridized carbons (Fsp3) is 0.0833. The van der Waals surface area contributed by atoms with Crippen LogP contribution in [0, 0.1) is 15.9 Å². The highest BCUT2D eigenvalue weighted by Crippen LogP contribution is 2.17. The molecule has 0 spiro atoms. The summed E-state index contributed by atoms with van der Waals surface area (Å²) in [5, 5.41) is 13.0. The quantitative estimate of drug-likeness (QED) is 0.653. The normalized spacial score (nSPS) is 10.2. The Labute approximate surface area is 107 Å². The molecule has 0 saturated heterocycles. The Morgan fingerprint density at radius 3 is 2.79 bits per heavy atom. The second-order valence-electron chi connectivity index (χ2n) is 3.83. The molecule has 0 aliphatic carbocycles. The van der Waals surface area contributed by atoms with E-state index < -0.39 is 22.3 Å². The molecule has 2 N–H and O–H groups in total. The standard InChI is InChI=1S/C12H10FN3O3/c13-10-5-9(1-2-11(10)16(18)19)12(17)15-7-8-3-4-14-6-8/h1-6,14H,7H2,(H,15,17). The van der Waals surface area contributed by atoms with Gasteiger partial charge in [0, 0.05) is 30.6 Å². The lowest BCUT2D eigenvalue weighted by molar-refractivity contribution is -0.387. The first kappa shape index (κ1) is 12.7. The van der Waals surface area contributed by atoms with Crippen molar-refractivity contribution in [3.63, 3.8) is 0 Å². The first-order valence-corrected chi connectivity index (χ1v) is 5.42. The van der Waals surface area contributed by atoms with Crippen LogP contribution in [0.15, 0.2) is 36.7 Å². The number of benzene rings is 1. The summed E-state index contributed by atoms with van der Waals surface area (Å²) < 4.78 is 13.3. The summed E-state index contributed by atoms with van der Waals surface area (Å²) in [4.78, 5) is 24.2. The van der Waals surface area contributed by atoms with Crippen molar-refractivity contribution in [2.24, 2.45) is 0 Å². The van der Waals surface area contributed by atoms with Gasteiger partial charge in [0.05, 0.1) is 4.92 Å². The lowest BCUT2D eigenvalue weighted by Gasteiger charge is -2.04. The number of hydrogen-bond donors (Lipinski definition) is 2. The van der Waals surface area contributed by atoms with Gasteiger partial charge in [-0.3, -0.25) is 14.9 Å². The van der Waals surface area contributed by atoms with E-state index in [0.29, 0.717) is 6.54 Å². The topological polar surface area (TPSA) is 88.0 Å². The summed E-state index contributed by atoms with van der Waals surface area (Å²) in [6.45, 7) is 0.293. The van der Waals surface area contributed by atoms with Crippen molar-refractivity contribution in [2.45, 2.75) is 6.54 Å². The summed E-state index contributed by atoms with van der Waals surface area (Å²) in [6.07, 6.45) is 3.43. The van der Waals surface area contributed by atoms with Crippen molar-refractivity contribution >= 4 is 11.6 Å². The van der Waals surface area contributed by atoms with E-state index in [-0.39, 0.29) is 5.56 Å². The first-order valence-electron chi connectivity index (χ1n) is 5.42. The van der Waals surface area contributed by atoms with Crippen LogP contribution in [0.25, 0.3) is 0 Å². The zero-order chi connectivity index (χ0) is 13.8. The third-order valence-electron chi connectivity index (χ3n) is 2.52. The highest BCUT2D eigenvalue weighted by atomic mass is 19.1. The lowest BCUT2D eigenvalue weighted by atomic mass is 10.2. The number of H-pyrrole nitrogens is 1. The minimum atomic E-state index is -1.03. The predicted molar refractivity (Wildman–Crippen MR) is 65.0 cm³/mol. The number of hydrogen-bond acceptors (Lipinski definition) is 3. The molecule has 98 valence electrons. The Hall–Kier alpha value is -2.70. The van der Waals surface area contributed by atoms with Crippen LogP contribution in [0.4, 0.5) is 10.1 Å². The minimum Gasteiger partial charge on any atom is -0.367 e. The summed E-state index contributed by atoms with van der Waals surface area (Å²) in [6, 6.07) is 4.83. The molecule has 0 radical (unpaired) electrons. The van der Waals surface area contributed by atoms with Gasteiger partial charge in [-0.15, -0.1) is 0 Å². The van der Waals surface area contributed by atoms with Gasteiger partial charge >= 0.3 is 5.69 Å². The molecule has 0 bridgehead atoms. The van der Waals surface area contributed by atoms with Gasteiger partial charge in [0.1, 0.15) is 0 Å². The maximum atomic E-state index is 13.3. The summed E-state index contributed by atoms with van der Waals surface area (Å²) in [7, 11) is 0. The number of nitro benzene ring substituents is 1. The van der Waals surface area contributed by atoms with Crippen LogP contribution in [-0.2, 0) is 6.54 Å². The molecule has 2 rings (SSSR count).